The van der Waals surface area contributed by atoms with Gasteiger partial charge in [-0.15, -0.1) is 0 Å². The van der Waals surface area contributed by atoms with Crippen LogP contribution in [0.2, 0.25) is 5.02 Å². The molecule has 1 aliphatic rings. The maximum absolute atomic E-state index is 12.9. The van der Waals surface area contributed by atoms with Gasteiger partial charge in [0.15, 0.2) is 0 Å². The second-order valence-corrected chi connectivity index (χ2v) is 6.40. The predicted octanol–water partition coefficient (Wildman–Crippen LogP) is 3.37. The normalized spacial score (nSPS) is 16.7. The number of methoxy groups -OCH3 is 1. The first-order valence-electron chi connectivity index (χ1n) is 8.20. The summed E-state index contributed by atoms with van der Waals surface area (Å²) in [6, 6.07) is 12.6. The largest absolute Gasteiger partial charge is 0.464 e. The van der Waals surface area contributed by atoms with E-state index in [9.17, 15) is 9.59 Å². The van der Waals surface area contributed by atoms with Crippen molar-refractivity contribution >= 4 is 23.5 Å². The van der Waals surface area contributed by atoms with Gasteiger partial charge < -0.3 is 9.64 Å². The summed E-state index contributed by atoms with van der Waals surface area (Å²) in [6.07, 6.45) is 2.58. The van der Waals surface area contributed by atoms with E-state index in [1.807, 2.05) is 29.2 Å². The highest BCUT2D eigenvalue weighted by molar-refractivity contribution is 6.31. The Morgan fingerprint density at radius 2 is 1.96 bits per heavy atom. The van der Waals surface area contributed by atoms with E-state index in [2.05, 4.69) is 9.72 Å². The fraction of sp³-hybridized carbons (Fsp3) is 0.316. The Morgan fingerprint density at radius 1 is 1.20 bits per heavy atom. The van der Waals surface area contributed by atoms with Crippen LogP contribution >= 0.6 is 11.6 Å². The summed E-state index contributed by atoms with van der Waals surface area (Å²) < 4.78 is 4.67. The van der Waals surface area contributed by atoms with Crippen LogP contribution in [0.1, 0.15) is 39.4 Å². The standard InChI is InChI=1S/C19H19ClN2O3/c1-25-19(24)17-10-4-9-16(21-17)18(23)22-11-5-7-14(22)12-13-6-2-3-8-15(13)20/h2-4,6,8-10,14H,5,7,11-12H2,1H3/t14-/m1/s1. The smallest absolute Gasteiger partial charge is 0.356 e. The Kier molecular flexibility index (Phi) is 5.34. The number of pyridine rings is 1. The summed E-state index contributed by atoms with van der Waals surface area (Å²) in [5.41, 5.74) is 1.43. The first-order chi connectivity index (χ1) is 12.1. The number of rotatable bonds is 4. The van der Waals surface area contributed by atoms with E-state index < -0.39 is 5.97 Å². The highest BCUT2D eigenvalue weighted by Gasteiger charge is 2.30. The van der Waals surface area contributed by atoms with Gasteiger partial charge >= 0.3 is 5.97 Å². The van der Waals surface area contributed by atoms with Crippen molar-refractivity contribution < 1.29 is 14.3 Å². The minimum atomic E-state index is -0.552. The third-order valence-corrected chi connectivity index (χ3v) is 4.78. The van der Waals surface area contributed by atoms with Crippen molar-refractivity contribution in [3.05, 3.63) is 64.4 Å². The number of carbonyl (C=O) groups excluding carboxylic acids is 2. The molecule has 3 rings (SSSR count). The fourth-order valence-electron chi connectivity index (χ4n) is 3.15. The third-order valence-electron chi connectivity index (χ3n) is 4.41. The Bertz CT molecular complexity index is 794. The molecule has 0 saturated carbocycles. The molecule has 0 unspecified atom stereocenters. The summed E-state index contributed by atoms with van der Waals surface area (Å²) in [4.78, 5) is 30.5. The number of amides is 1. The van der Waals surface area contributed by atoms with Crippen LogP contribution in [0.25, 0.3) is 0 Å². The van der Waals surface area contributed by atoms with Gasteiger partial charge in [-0.3, -0.25) is 4.79 Å². The molecular formula is C19H19ClN2O3. The van der Waals surface area contributed by atoms with Crippen LogP contribution in [0.4, 0.5) is 0 Å². The Morgan fingerprint density at radius 3 is 2.72 bits per heavy atom. The molecule has 0 spiro atoms. The number of halogens is 1. The van der Waals surface area contributed by atoms with Gasteiger partial charge in [-0.25, -0.2) is 9.78 Å². The average molecular weight is 359 g/mol. The van der Waals surface area contributed by atoms with Crippen molar-refractivity contribution in [3.63, 3.8) is 0 Å². The zero-order valence-electron chi connectivity index (χ0n) is 13.9. The van der Waals surface area contributed by atoms with Crippen LogP contribution in [0.15, 0.2) is 42.5 Å². The van der Waals surface area contributed by atoms with Gasteiger partial charge in [0, 0.05) is 17.6 Å². The lowest BCUT2D eigenvalue weighted by atomic mass is 10.0. The molecule has 0 bridgehead atoms. The van der Waals surface area contributed by atoms with Crippen molar-refractivity contribution in [2.45, 2.75) is 25.3 Å². The van der Waals surface area contributed by atoms with Gasteiger partial charge in [0.1, 0.15) is 11.4 Å². The van der Waals surface area contributed by atoms with E-state index in [0.717, 1.165) is 18.4 Å². The van der Waals surface area contributed by atoms with Gasteiger partial charge in [0.2, 0.25) is 0 Å². The Balaban J connectivity index is 1.79. The summed E-state index contributed by atoms with van der Waals surface area (Å²) in [5, 5.41) is 0.715. The first kappa shape index (κ1) is 17.4. The SMILES string of the molecule is COC(=O)c1cccc(C(=O)N2CCC[C@@H]2Cc2ccccc2Cl)n1. The molecule has 5 nitrogen and oxygen atoms in total. The van der Waals surface area contributed by atoms with Crippen LogP contribution < -0.4 is 0 Å². The lowest BCUT2D eigenvalue weighted by Crippen LogP contribution is -2.37. The lowest BCUT2D eigenvalue weighted by molar-refractivity contribution is 0.0593. The Hall–Kier alpha value is -2.40. The van der Waals surface area contributed by atoms with Crippen molar-refractivity contribution in [3.8, 4) is 0 Å². The molecule has 1 aliphatic heterocycles. The fourth-order valence-corrected chi connectivity index (χ4v) is 3.37. The van der Waals surface area contributed by atoms with Gasteiger partial charge in [0.05, 0.1) is 7.11 Å². The molecule has 0 radical (unpaired) electrons. The van der Waals surface area contributed by atoms with Crippen molar-refractivity contribution in [1.29, 1.82) is 0 Å². The molecule has 1 aromatic carbocycles. The number of hydrogen-bond donors (Lipinski definition) is 0. The van der Waals surface area contributed by atoms with E-state index in [-0.39, 0.29) is 23.3 Å². The minimum Gasteiger partial charge on any atom is -0.464 e. The van der Waals surface area contributed by atoms with Gasteiger partial charge in [-0.05, 0) is 43.0 Å². The first-order valence-corrected chi connectivity index (χ1v) is 8.57. The molecule has 1 saturated heterocycles. The van der Waals surface area contributed by atoms with E-state index in [1.54, 1.807) is 12.1 Å². The summed E-state index contributed by atoms with van der Waals surface area (Å²) in [5.74, 6) is -0.719. The third kappa shape index (κ3) is 3.82. The number of nitrogens with zero attached hydrogens (tertiary/aromatic N) is 2. The number of ether oxygens (including phenoxy) is 1. The van der Waals surface area contributed by atoms with Gasteiger partial charge in [-0.1, -0.05) is 35.9 Å². The molecule has 2 aromatic rings. The number of esters is 1. The number of carbonyl (C=O) groups is 2. The number of likely N-dealkylation sites (tertiary alicyclic amines) is 1. The average Bonchev–Trinajstić information content (AvgIpc) is 3.10. The molecule has 1 atom stereocenters. The zero-order valence-corrected chi connectivity index (χ0v) is 14.7. The van der Waals surface area contributed by atoms with Crippen LogP contribution in [0, 0.1) is 0 Å². The monoisotopic (exact) mass is 358 g/mol. The molecule has 0 aliphatic carbocycles. The van der Waals surface area contributed by atoms with Crippen molar-refractivity contribution in [2.75, 3.05) is 13.7 Å². The van der Waals surface area contributed by atoms with Crippen molar-refractivity contribution in [2.24, 2.45) is 0 Å². The summed E-state index contributed by atoms with van der Waals surface area (Å²) >= 11 is 6.25. The van der Waals surface area contributed by atoms with E-state index >= 15 is 0 Å². The van der Waals surface area contributed by atoms with Crippen LogP contribution in [0.3, 0.4) is 0 Å². The van der Waals surface area contributed by atoms with Crippen molar-refractivity contribution in [1.82, 2.24) is 9.88 Å². The molecule has 2 heterocycles. The zero-order chi connectivity index (χ0) is 17.8. The highest BCUT2D eigenvalue weighted by Crippen LogP contribution is 2.26. The molecule has 130 valence electrons. The maximum atomic E-state index is 12.9. The molecule has 1 fully saturated rings. The van der Waals surface area contributed by atoms with E-state index in [4.69, 9.17) is 11.6 Å². The summed E-state index contributed by atoms with van der Waals surface area (Å²) in [7, 11) is 1.29. The summed E-state index contributed by atoms with van der Waals surface area (Å²) in [6.45, 7) is 0.679. The number of hydrogen-bond acceptors (Lipinski definition) is 4. The molecule has 1 amide bonds. The Labute approximate surface area is 151 Å². The van der Waals surface area contributed by atoms with E-state index in [1.165, 1.54) is 13.2 Å². The van der Waals surface area contributed by atoms with Crippen LogP contribution in [0.5, 0.6) is 0 Å². The second-order valence-electron chi connectivity index (χ2n) is 5.99. The highest BCUT2D eigenvalue weighted by atomic mass is 35.5. The second kappa shape index (κ2) is 7.66. The van der Waals surface area contributed by atoms with Crippen LogP contribution in [-0.4, -0.2) is 41.5 Å². The van der Waals surface area contributed by atoms with E-state index in [0.29, 0.717) is 18.0 Å². The molecule has 25 heavy (non-hydrogen) atoms. The van der Waals surface area contributed by atoms with Crippen LogP contribution in [-0.2, 0) is 11.2 Å². The number of aromatic nitrogens is 1. The molecule has 1 aromatic heterocycles. The molecule has 0 N–H and O–H groups in total. The molecular weight excluding hydrogens is 340 g/mol. The van der Waals surface area contributed by atoms with Gasteiger partial charge in [0.25, 0.3) is 5.91 Å². The molecule has 6 heteroatoms. The lowest BCUT2D eigenvalue weighted by Gasteiger charge is -2.25. The number of benzene rings is 1. The van der Waals surface area contributed by atoms with Gasteiger partial charge in [-0.2, -0.15) is 0 Å². The topological polar surface area (TPSA) is 59.5 Å². The predicted molar refractivity (Wildman–Crippen MR) is 94.8 cm³/mol. The minimum absolute atomic E-state index is 0.0796. The quantitative estimate of drug-likeness (QED) is 0.786. The maximum Gasteiger partial charge on any atom is 0.356 e.